The molecule has 1 fully saturated rings. The third-order valence-corrected chi connectivity index (χ3v) is 4.07. The fourth-order valence-corrected chi connectivity index (χ4v) is 2.68. The van der Waals surface area contributed by atoms with Crippen LogP contribution in [-0.2, 0) is 9.59 Å². The number of likely N-dealkylation sites (tertiary alicyclic amines) is 1. The summed E-state index contributed by atoms with van der Waals surface area (Å²) in [4.78, 5) is 25.8. The van der Waals surface area contributed by atoms with Crippen molar-refractivity contribution >= 4 is 17.9 Å². The van der Waals surface area contributed by atoms with Crippen molar-refractivity contribution in [2.75, 3.05) is 19.6 Å². The maximum absolute atomic E-state index is 12.3. The van der Waals surface area contributed by atoms with Gasteiger partial charge in [-0.15, -0.1) is 0 Å². The van der Waals surface area contributed by atoms with E-state index in [1.54, 1.807) is 12.2 Å². The molecule has 1 N–H and O–H groups in total. The van der Waals surface area contributed by atoms with E-state index in [9.17, 15) is 9.59 Å². The SMILES string of the molecule is Cc1ccc(/C=C/C(=O)N2CCCC(CNC(=O)C(C)C)C2)o1. The number of hydrogen-bond donors (Lipinski definition) is 1. The minimum Gasteiger partial charge on any atom is -0.462 e. The Bertz CT molecular complexity index is 575. The standard InChI is InChI=1S/C18H26N2O3/c1-13(2)18(22)19-11-15-5-4-10-20(12-15)17(21)9-8-16-7-6-14(3)23-16/h6-9,13,15H,4-5,10-12H2,1-3H3,(H,19,22)/b9-8+. The lowest BCUT2D eigenvalue weighted by molar-refractivity contribution is -0.127. The highest BCUT2D eigenvalue weighted by atomic mass is 16.3. The largest absolute Gasteiger partial charge is 0.462 e. The molecular formula is C18H26N2O3. The maximum Gasteiger partial charge on any atom is 0.246 e. The molecule has 0 bridgehead atoms. The summed E-state index contributed by atoms with van der Waals surface area (Å²) in [7, 11) is 0. The highest BCUT2D eigenvalue weighted by molar-refractivity contribution is 5.91. The second kappa shape index (κ2) is 7.99. The summed E-state index contributed by atoms with van der Waals surface area (Å²) in [5, 5.41) is 2.96. The van der Waals surface area contributed by atoms with Gasteiger partial charge >= 0.3 is 0 Å². The Morgan fingerprint density at radius 2 is 2.22 bits per heavy atom. The third kappa shape index (κ3) is 5.27. The van der Waals surface area contributed by atoms with Gasteiger partial charge in [-0.1, -0.05) is 13.8 Å². The predicted octanol–water partition coefficient (Wildman–Crippen LogP) is 2.61. The fourth-order valence-electron chi connectivity index (χ4n) is 2.68. The van der Waals surface area contributed by atoms with Crippen molar-refractivity contribution in [1.29, 1.82) is 0 Å². The number of piperidine rings is 1. The average Bonchev–Trinajstić information content (AvgIpc) is 2.96. The van der Waals surface area contributed by atoms with Crippen molar-refractivity contribution in [2.24, 2.45) is 11.8 Å². The highest BCUT2D eigenvalue weighted by Crippen LogP contribution is 2.17. The lowest BCUT2D eigenvalue weighted by Gasteiger charge is -2.32. The molecule has 1 unspecified atom stereocenters. The first-order valence-electron chi connectivity index (χ1n) is 8.27. The second-order valence-corrected chi connectivity index (χ2v) is 6.47. The molecule has 126 valence electrons. The van der Waals surface area contributed by atoms with Gasteiger partial charge in [0.15, 0.2) is 0 Å². The van der Waals surface area contributed by atoms with Gasteiger partial charge in [0.1, 0.15) is 11.5 Å². The van der Waals surface area contributed by atoms with E-state index in [1.165, 1.54) is 0 Å². The van der Waals surface area contributed by atoms with E-state index < -0.39 is 0 Å². The van der Waals surface area contributed by atoms with Gasteiger partial charge in [0.05, 0.1) is 0 Å². The Hall–Kier alpha value is -2.04. The van der Waals surface area contributed by atoms with E-state index in [2.05, 4.69) is 5.32 Å². The van der Waals surface area contributed by atoms with E-state index >= 15 is 0 Å². The normalized spacial score (nSPS) is 18.6. The van der Waals surface area contributed by atoms with Gasteiger partial charge in [-0.2, -0.15) is 0 Å². The summed E-state index contributed by atoms with van der Waals surface area (Å²) in [5.74, 6) is 1.91. The Morgan fingerprint density at radius 1 is 1.43 bits per heavy atom. The second-order valence-electron chi connectivity index (χ2n) is 6.47. The van der Waals surface area contributed by atoms with Gasteiger partial charge in [0.2, 0.25) is 11.8 Å². The van der Waals surface area contributed by atoms with Gasteiger partial charge in [0.25, 0.3) is 0 Å². The molecule has 2 rings (SSSR count). The summed E-state index contributed by atoms with van der Waals surface area (Å²) < 4.78 is 5.42. The van der Waals surface area contributed by atoms with Crippen LogP contribution in [0.2, 0.25) is 0 Å². The van der Waals surface area contributed by atoms with Crippen LogP contribution in [0.5, 0.6) is 0 Å². The van der Waals surface area contributed by atoms with Crippen molar-refractivity contribution in [1.82, 2.24) is 10.2 Å². The van der Waals surface area contributed by atoms with E-state index in [0.29, 0.717) is 24.8 Å². The van der Waals surface area contributed by atoms with Crippen LogP contribution in [0.25, 0.3) is 6.08 Å². The zero-order valence-corrected chi connectivity index (χ0v) is 14.2. The third-order valence-electron chi connectivity index (χ3n) is 4.07. The Balaban J connectivity index is 1.84. The number of amides is 2. The van der Waals surface area contributed by atoms with Crippen LogP contribution in [-0.4, -0.2) is 36.3 Å². The van der Waals surface area contributed by atoms with Crippen LogP contribution in [0, 0.1) is 18.8 Å². The van der Waals surface area contributed by atoms with Gasteiger partial charge in [-0.3, -0.25) is 9.59 Å². The van der Waals surface area contributed by atoms with Crippen molar-refractivity contribution in [2.45, 2.75) is 33.6 Å². The first-order chi connectivity index (χ1) is 11.0. The summed E-state index contributed by atoms with van der Waals surface area (Å²) in [6.07, 6.45) is 5.29. The molecule has 1 aliphatic rings. The van der Waals surface area contributed by atoms with Crippen molar-refractivity contribution in [3.8, 4) is 0 Å². The van der Waals surface area contributed by atoms with Crippen molar-refractivity contribution < 1.29 is 14.0 Å². The molecule has 1 atom stereocenters. The number of rotatable bonds is 5. The van der Waals surface area contributed by atoms with Crippen LogP contribution in [0.15, 0.2) is 22.6 Å². The highest BCUT2D eigenvalue weighted by Gasteiger charge is 2.23. The van der Waals surface area contributed by atoms with Gasteiger partial charge < -0.3 is 14.6 Å². The smallest absolute Gasteiger partial charge is 0.246 e. The molecule has 0 aliphatic carbocycles. The molecule has 0 aromatic carbocycles. The Kier molecular flexibility index (Phi) is 6.02. The molecule has 2 heterocycles. The fraction of sp³-hybridized carbons (Fsp3) is 0.556. The topological polar surface area (TPSA) is 62.6 Å². The van der Waals surface area contributed by atoms with Crippen LogP contribution in [0.3, 0.4) is 0 Å². The monoisotopic (exact) mass is 318 g/mol. The summed E-state index contributed by atoms with van der Waals surface area (Å²) >= 11 is 0. The predicted molar refractivity (Wildman–Crippen MR) is 89.6 cm³/mol. The van der Waals surface area contributed by atoms with Crippen LogP contribution in [0.4, 0.5) is 0 Å². The molecule has 2 amide bonds. The van der Waals surface area contributed by atoms with Crippen LogP contribution >= 0.6 is 0 Å². The zero-order chi connectivity index (χ0) is 16.8. The average molecular weight is 318 g/mol. The van der Waals surface area contributed by atoms with Gasteiger partial charge in [-0.25, -0.2) is 0 Å². The maximum atomic E-state index is 12.3. The van der Waals surface area contributed by atoms with Crippen LogP contribution < -0.4 is 5.32 Å². The lowest BCUT2D eigenvalue weighted by Crippen LogP contribution is -2.43. The molecule has 1 aromatic heterocycles. The van der Waals surface area contributed by atoms with Crippen molar-refractivity contribution in [3.05, 3.63) is 29.7 Å². The Morgan fingerprint density at radius 3 is 2.87 bits per heavy atom. The molecule has 23 heavy (non-hydrogen) atoms. The van der Waals surface area contributed by atoms with E-state index in [0.717, 1.165) is 25.1 Å². The molecule has 1 aliphatic heterocycles. The van der Waals surface area contributed by atoms with Gasteiger partial charge in [-0.05, 0) is 43.9 Å². The number of nitrogens with zero attached hydrogens (tertiary/aromatic N) is 1. The molecule has 1 aromatic rings. The number of carbonyl (C=O) groups excluding carboxylic acids is 2. The number of hydrogen-bond acceptors (Lipinski definition) is 3. The Labute approximate surface area is 137 Å². The van der Waals surface area contributed by atoms with Crippen molar-refractivity contribution in [3.63, 3.8) is 0 Å². The van der Waals surface area contributed by atoms with Gasteiger partial charge in [0, 0.05) is 31.6 Å². The van der Waals surface area contributed by atoms with E-state index in [1.807, 2.05) is 37.8 Å². The quantitative estimate of drug-likeness (QED) is 0.849. The lowest BCUT2D eigenvalue weighted by atomic mass is 9.97. The molecule has 0 saturated carbocycles. The number of aryl methyl sites for hydroxylation is 1. The minimum absolute atomic E-state index is 0.000982. The number of nitrogens with one attached hydrogen (secondary N) is 1. The zero-order valence-electron chi connectivity index (χ0n) is 14.2. The molecular weight excluding hydrogens is 292 g/mol. The number of carbonyl (C=O) groups is 2. The summed E-state index contributed by atoms with van der Waals surface area (Å²) in [6, 6.07) is 3.72. The first-order valence-corrected chi connectivity index (χ1v) is 8.27. The molecule has 0 spiro atoms. The molecule has 0 radical (unpaired) electrons. The summed E-state index contributed by atoms with van der Waals surface area (Å²) in [6.45, 7) is 7.75. The van der Waals surface area contributed by atoms with E-state index in [4.69, 9.17) is 4.42 Å². The van der Waals surface area contributed by atoms with Crippen LogP contribution in [0.1, 0.15) is 38.2 Å². The first kappa shape index (κ1) is 17.3. The van der Waals surface area contributed by atoms with E-state index in [-0.39, 0.29) is 17.7 Å². The number of furan rings is 1. The summed E-state index contributed by atoms with van der Waals surface area (Å²) in [5.41, 5.74) is 0. The molecule has 5 heteroatoms. The molecule has 5 nitrogen and oxygen atoms in total. The molecule has 1 saturated heterocycles. The minimum atomic E-state index is -0.00369.